The maximum Gasteiger partial charge on any atom is 0.328 e. The summed E-state index contributed by atoms with van der Waals surface area (Å²) in [6.07, 6.45) is 1.37. The highest BCUT2D eigenvalue weighted by atomic mass is 35.5. The van der Waals surface area contributed by atoms with Gasteiger partial charge in [0.25, 0.3) is 5.91 Å². The van der Waals surface area contributed by atoms with E-state index in [9.17, 15) is 9.59 Å². The number of para-hydroxylation sites is 1. The predicted octanol–water partition coefficient (Wildman–Crippen LogP) is 1.66. The Labute approximate surface area is 137 Å². The summed E-state index contributed by atoms with van der Waals surface area (Å²) in [5, 5.41) is 16.1. The number of ether oxygens (including phenoxy) is 1. The number of amides is 1. The molecule has 1 heterocycles. The third-order valence-corrected chi connectivity index (χ3v) is 3.59. The topological polar surface area (TPSA) is 93.5 Å². The van der Waals surface area contributed by atoms with Crippen molar-refractivity contribution in [1.82, 2.24) is 15.1 Å². The van der Waals surface area contributed by atoms with Crippen molar-refractivity contribution in [3.8, 4) is 5.69 Å². The van der Waals surface area contributed by atoms with Crippen LogP contribution in [-0.2, 0) is 9.53 Å². The molecule has 2 aromatic rings. The summed E-state index contributed by atoms with van der Waals surface area (Å²) in [6.45, 7) is 1.58. The second kappa shape index (κ2) is 7.26. The highest BCUT2D eigenvalue weighted by Crippen LogP contribution is 2.22. The summed E-state index contributed by atoms with van der Waals surface area (Å²) < 4.78 is 6.32. The van der Waals surface area contributed by atoms with Crippen LogP contribution in [0.25, 0.3) is 5.69 Å². The standard InChI is InChI=1S/C15H16ClN3O4/c1-9-10(14(20)18-12(8-23-2)15(21)22)7-17-19(9)13-6-4-3-5-11(13)16/h3-7,12H,8H2,1-2H3,(H,18,20)(H,21,22). The van der Waals surface area contributed by atoms with E-state index < -0.39 is 17.9 Å². The highest BCUT2D eigenvalue weighted by molar-refractivity contribution is 6.32. The molecule has 2 rings (SSSR count). The van der Waals surface area contributed by atoms with Crippen LogP contribution in [0.3, 0.4) is 0 Å². The third kappa shape index (κ3) is 3.69. The Morgan fingerprint density at radius 3 is 2.74 bits per heavy atom. The molecule has 23 heavy (non-hydrogen) atoms. The molecule has 0 aliphatic heterocycles. The monoisotopic (exact) mass is 337 g/mol. The van der Waals surface area contributed by atoms with Gasteiger partial charge in [-0.1, -0.05) is 23.7 Å². The zero-order valence-electron chi connectivity index (χ0n) is 12.6. The maximum absolute atomic E-state index is 12.3. The predicted molar refractivity (Wildman–Crippen MR) is 84.1 cm³/mol. The van der Waals surface area contributed by atoms with Crippen molar-refractivity contribution in [2.45, 2.75) is 13.0 Å². The van der Waals surface area contributed by atoms with E-state index in [1.807, 2.05) is 0 Å². The lowest BCUT2D eigenvalue weighted by Gasteiger charge is -2.13. The first-order valence-corrected chi connectivity index (χ1v) is 7.15. The zero-order valence-corrected chi connectivity index (χ0v) is 13.4. The summed E-state index contributed by atoms with van der Waals surface area (Å²) in [6, 6.07) is 5.96. The van der Waals surface area contributed by atoms with Gasteiger partial charge < -0.3 is 15.2 Å². The number of carbonyl (C=O) groups is 2. The molecule has 0 saturated carbocycles. The molecular weight excluding hydrogens is 322 g/mol. The second-order valence-corrected chi connectivity index (χ2v) is 5.23. The summed E-state index contributed by atoms with van der Waals surface area (Å²) in [5.41, 5.74) is 1.46. The molecule has 0 spiro atoms. The minimum absolute atomic E-state index is 0.126. The first-order chi connectivity index (χ1) is 11.0. The summed E-state index contributed by atoms with van der Waals surface area (Å²) in [5.74, 6) is -1.71. The van der Waals surface area contributed by atoms with Crippen LogP contribution < -0.4 is 5.32 Å². The minimum atomic E-state index is -1.17. The van der Waals surface area contributed by atoms with Gasteiger partial charge in [0.05, 0.1) is 34.8 Å². The average Bonchev–Trinajstić information content (AvgIpc) is 2.89. The van der Waals surface area contributed by atoms with Gasteiger partial charge in [0.2, 0.25) is 0 Å². The minimum Gasteiger partial charge on any atom is -0.480 e. The van der Waals surface area contributed by atoms with Crippen LogP contribution in [0.2, 0.25) is 5.02 Å². The first-order valence-electron chi connectivity index (χ1n) is 6.77. The van der Waals surface area contributed by atoms with Gasteiger partial charge in [-0.3, -0.25) is 4.79 Å². The smallest absolute Gasteiger partial charge is 0.328 e. The summed E-state index contributed by atoms with van der Waals surface area (Å²) in [7, 11) is 1.36. The number of carboxylic acids is 1. The number of aromatic nitrogens is 2. The molecule has 0 aliphatic carbocycles. The number of carbonyl (C=O) groups excluding carboxylic acids is 1. The quantitative estimate of drug-likeness (QED) is 0.836. The number of rotatable bonds is 6. The molecular formula is C15H16ClN3O4. The van der Waals surface area contributed by atoms with Crippen LogP contribution >= 0.6 is 11.6 Å². The Bertz CT molecular complexity index is 729. The van der Waals surface area contributed by atoms with Gasteiger partial charge in [-0.2, -0.15) is 5.10 Å². The molecule has 1 aromatic carbocycles. The van der Waals surface area contributed by atoms with E-state index in [2.05, 4.69) is 10.4 Å². The Hall–Kier alpha value is -2.38. The molecule has 1 aromatic heterocycles. The SMILES string of the molecule is COCC(NC(=O)c1cnn(-c2ccccc2Cl)c1C)C(=O)O. The van der Waals surface area contributed by atoms with E-state index in [0.717, 1.165) is 0 Å². The van der Waals surface area contributed by atoms with Crippen molar-refractivity contribution in [1.29, 1.82) is 0 Å². The van der Waals surface area contributed by atoms with Crippen molar-refractivity contribution in [2.24, 2.45) is 0 Å². The fourth-order valence-corrected chi connectivity index (χ4v) is 2.29. The molecule has 122 valence electrons. The normalized spacial score (nSPS) is 12.0. The lowest BCUT2D eigenvalue weighted by molar-refractivity contribution is -0.140. The lowest BCUT2D eigenvalue weighted by Crippen LogP contribution is -2.43. The summed E-state index contributed by atoms with van der Waals surface area (Å²) in [4.78, 5) is 23.3. The van der Waals surface area contributed by atoms with E-state index in [0.29, 0.717) is 16.4 Å². The van der Waals surface area contributed by atoms with Crippen molar-refractivity contribution >= 4 is 23.5 Å². The number of hydrogen-bond donors (Lipinski definition) is 2. The van der Waals surface area contributed by atoms with Crippen molar-refractivity contribution in [2.75, 3.05) is 13.7 Å². The van der Waals surface area contributed by atoms with Crippen molar-refractivity contribution in [3.05, 3.63) is 46.7 Å². The molecule has 0 bridgehead atoms. The number of methoxy groups -OCH3 is 1. The number of aliphatic carboxylic acids is 1. The average molecular weight is 338 g/mol. The Kier molecular flexibility index (Phi) is 5.36. The fraction of sp³-hybridized carbons (Fsp3) is 0.267. The molecule has 8 heteroatoms. The third-order valence-electron chi connectivity index (χ3n) is 3.27. The lowest BCUT2D eigenvalue weighted by atomic mass is 10.2. The number of benzene rings is 1. The highest BCUT2D eigenvalue weighted by Gasteiger charge is 2.23. The largest absolute Gasteiger partial charge is 0.480 e. The fourth-order valence-electron chi connectivity index (χ4n) is 2.08. The zero-order chi connectivity index (χ0) is 17.0. The van der Waals surface area contributed by atoms with E-state index in [-0.39, 0.29) is 12.2 Å². The molecule has 7 nitrogen and oxygen atoms in total. The molecule has 0 radical (unpaired) electrons. The van der Waals surface area contributed by atoms with Crippen molar-refractivity contribution in [3.63, 3.8) is 0 Å². The maximum atomic E-state index is 12.3. The summed E-state index contributed by atoms with van der Waals surface area (Å²) >= 11 is 6.13. The van der Waals surface area contributed by atoms with Gasteiger partial charge in [-0.15, -0.1) is 0 Å². The van der Waals surface area contributed by atoms with Crippen LogP contribution in [0.1, 0.15) is 16.1 Å². The number of carboxylic acid groups (broad SMARTS) is 1. The van der Waals surface area contributed by atoms with E-state index >= 15 is 0 Å². The van der Waals surface area contributed by atoms with Crippen LogP contribution in [0.4, 0.5) is 0 Å². The number of nitrogens with zero attached hydrogens (tertiary/aromatic N) is 2. The first kappa shape index (κ1) is 17.0. The van der Waals surface area contributed by atoms with Crippen molar-refractivity contribution < 1.29 is 19.4 Å². The second-order valence-electron chi connectivity index (χ2n) is 4.83. The van der Waals surface area contributed by atoms with Crippen LogP contribution in [0.5, 0.6) is 0 Å². The Morgan fingerprint density at radius 1 is 1.43 bits per heavy atom. The van der Waals surface area contributed by atoms with E-state index in [1.165, 1.54) is 18.0 Å². The molecule has 2 N–H and O–H groups in total. The van der Waals surface area contributed by atoms with Gasteiger partial charge in [-0.25, -0.2) is 9.48 Å². The van der Waals surface area contributed by atoms with Gasteiger partial charge in [0, 0.05) is 7.11 Å². The van der Waals surface area contributed by atoms with Crippen LogP contribution in [0.15, 0.2) is 30.5 Å². The number of hydrogen-bond acceptors (Lipinski definition) is 4. The van der Waals surface area contributed by atoms with Gasteiger partial charge in [0.1, 0.15) is 0 Å². The molecule has 0 fully saturated rings. The molecule has 1 unspecified atom stereocenters. The molecule has 1 atom stereocenters. The van der Waals surface area contributed by atoms with Gasteiger partial charge >= 0.3 is 5.97 Å². The van der Waals surface area contributed by atoms with E-state index in [4.69, 9.17) is 21.4 Å². The molecule has 0 aliphatic rings. The molecule has 0 saturated heterocycles. The number of halogens is 1. The van der Waals surface area contributed by atoms with Crippen LogP contribution in [-0.4, -0.2) is 46.5 Å². The van der Waals surface area contributed by atoms with E-state index in [1.54, 1.807) is 31.2 Å². The van der Waals surface area contributed by atoms with Gasteiger partial charge in [0.15, 0.2) is 6.04 Å². The molecule has 1 amide bonds. The van der Waals surface area contributed by atoms with Crippen LogP contribution in [0, 0.1) is 6.92 Å². The Balaban J connectivity index is 2.27. The Morgan fingerprint density at radius 2 is 2.13 bits per heavy atom. The van der Waals surface area contributed by atoms with Gasteiger partial charge in [-0.05, 0) is 19.1 Å². The number of nitrogens with one attached hydrogen (secondary N) is 1.